The molecule has 1 fully saturated rings. The maximum atomic E-state index is 12.3. The molecule has 1 aliphatic carbocycles. The summed E-state index contributed by atoms with van der Waals surface area (Å²) in [5.74, 6) is 0.599. The first kappa shape index (κ1) is 18.4. The molecule has 6 nitrogen and oxygen atoms in total. The molecule has 2 aromatic heterocycles. The standard InChI is InChI=1S/C24H23N5O/c1-26-23(30)19-5-2-4-18-20(14-27-21(18)19)24(10-3-11-24)16-12-28-22(29-13-16)15-6-8-17(25)9-7-15/h2,4-9,12-14,27H,3,10-11,25H2,1H3,(H,26,30). The molecule has 0 bridgehead atoms. The predicted molar refractivity (Wildman–Crippen MR) is 118 cm³/mol. The first-order chi connectivity index (χ1) is 14.6. The van der Waals surface area contributed by atoms with E-state index in [4.69, 9.17) is 5.73 Å². The lowest BCUT2D eigenvalue weighted by molar-refractivity contribution is 0.0964. The van der Waals surface area contributed by atoms with E-state index >= 15 is 0 Å². The molecular formula is C24H23N5O. The number of aromatic amines is 1. The van der Waals surface area contributed by atoms with Crippen molar-refractivity contribution < 1.29 is 4.79 Å². The summed E-state index contributed by atoms with van der Waals surface area (Å²) < 4.78 is 0. The van der Waals surface area contributed by atoms with Gasteiger partial charge in [-0.15, -0.1) is 0 Å². The smallest absolute Gasteiger partial charge is 0.253 e. The van der Waals surface area contributed by atoms with Crippen LogP contribution < -0.4 is 11.1 Å². The second-order valence-electron chi connectivity index (χ2n) is 7.86. The van der Waals surface area contributed by atoms with Crippen molar-refractivity contribution in [2.75, 3.05) is 12.8 Å². The molecule has 0 radical (unpaired) electrons. The Morgan fingerprint density at radius 1 is 1.10 bits per heavy atom. The molecule has 30 heavy (non-hydrogen) atoms. The summed E-state index contributed by atoms with van der Waals surface area (Å²) in [6, 6.07) is 13.5. The number of rotatable bonds is 4. The van der Waals surface area contributed by atoms with Crippen LogP contribution in [0.4, 0.5) is 5.69 Å². The number of anilines is 1. The van der Waals surface area contributed by atoms with Crippen molar-refractivity contribution in [1.82, 2.24) is 20.3 Å². The fourth-order valence-corrected chi connectivity index (χ4v) is 4.47. The molecule has 5 rings (SSSR count). The van der Waals surface area contributed by atoms with Gasteiger partial charge in [-0.25, -0.2) is 9.97 Å². The number of carbonyl (C=O) groups excluding carboxylic acids is 1. The normalized spacial score (nSPS) is 15.0. The number of hydrogen-bond acceptors (Lipinski definition) is 4. The Morgan fingerprint density at radius 3 is 2.47 bits per heavy atom. The van der Waals surface area contributed by atoms with Gasteiger partial charge in [-0.2, -0.15) is 0 Å². The summed E-state index contributed by atoms with van der Waals surface area (Å²) in [5.41, 5.74) is 11.2. The molecule has 2 aromatic carbocycles. The van der Waals surface area contributed by atoms with Gasteiger partial charge >= 0.3 is 0 Å². The molecule has 2 heterocycles. The van der Waals surface area contributed by atoms with Crippen molar-refractivity contribution in [2.45, 2.75) is 24.7 Å². The maximum Gasteiger partial charge on any atom is 0.253 e. The molecule has 0 unspecified atom stereocenters. The number of benzene rings is 2. The zero-order valence-electron chi connectivity index (χ0n) is 16.8. The van der Waals surface area contributed by atoms with Crippen LogP contribution in [-0.2, 0) is 5.41 Å². The average molecular weight is 397 g/mol. The average Bonchev–Trinajstić information content (AvgIpc) is 3.18. The van der Waals surface area contributed by atoms with Crippen molar-refractivity contribution >= 4 is 22.5 Å². The third-order valence-electron chi connectivity index (χ3n) is 6.28. The Balaban J connectivity index is 1.56. The van der Waals surface area contributed by atoms with Crippen molar-refractivity contribution in [3.8, 4) is 11.4 Å². The monoisotopic (exact) mass is 397 g/mol. The Kier molecular flexibility index (Phi) is 4.28. The van der Waals surface area contributed by atoms with Gasteiger partial charge in [-0.1, -0.05) is 18.6 Å². The molecule has 4 N–H and O–H groups in total. The zero-order chi connectivity index (χ0) is 20.7. The minimum atomic E-state index is -0.126. The fourth-order valence-electron chi connectivity index (χ4n) is 4.47. The van der Waals surface area contributed by atoms with Crippen molar-refractivity contribution in [2.24, 2.45) is 0 Å². The van der Waals surface area contributed by atoms with Crippen LogP contribution in [0.25, 0.3) is 22.3 Å². The Morgan fingerprint density at radius 2 is 1.83 bits per heavy atom. The first-order valence-corrected chi connectivity index (χ1v) is 10.1. The summed E-state index contributed by atoms with van der Waals surface area (Å²) in [4.78, 5) is 24.9. The highest BCUT2D eigenvalue weighted by Crippen LogP contribution is 2.51. The molecule has 150 valence electrons. The van der Waals surface area contributed by atoms with Crippen LogP contribution in [0.3, 0.4) is 0 Å². The van der Waals surface area contributed by atoms with Crippen molar-refractivity contribution in [1.29, 1.82) is 0 Å². The molecule has 1 aliphatic rings. The number of nitrogens with two attached hydrogens (primary N) is 1. The third kappa shape index (κ3) is 2.76. The van der Waals surface area contributed by atoms with Gasteiger partial charge in [0.05, 0.1) is 11.1 Å². The highest BCUT2D eigenvalue weighted by atomic mass is 16.1. The van der Waals surface area contributed by atoms with Gasteiger partial charge in [-0.05, 0) is 54.3 Å². The first-order valence-electron chi connectivity index (χ1n) is 10.1. The lowest BCUT2D eigenvalue weighted by Crippen LogP contribution is -2.35. The Labute approximate surface area is 174 Å². The van der Waals surface area contributed by atoms with Gasteiger partial charge in [0.2, 0.25) is 0 Å². The van der Waals surface area contributed by atoms with E-state index in [1.54, 1.807) is 7.05 Å². The number of nitrogens with one attached hydrogen (secondary N) is 2. The van der Waals surface area contributed by atoms with Gasteiger partial charge < -0.3 is 16.0 Å². The number of hydrogen-bond donors (Lipinski definition) is 3. The topological polar surface area (TPSA) is 96.7 Å². The third-order valence-corrected chi connectivity index (χ3v) is 6.28. The number of nitrogens with zero attached hydrogens (tertiary/aromatic N) is 2. The lowest BCUT2D eigenvalue weighted by atomic mass is 9.61. The number of nitrogen functional groups attached to an aromatic ring is 1. The van der Waals surface area contributed by atoms with E-state index in [0.717, 1.165) is 47.0 Å². The molecule has 4 aromatic rings. The van der Waals surface area contributed by atoms with Crippen LogP contribution in [0.2, 0.25) is 0 Å². The van der Waals surface area contributed by atoms with E-state index in [1.165, 1.54) is 5.56 Å². The van der Waals surface area contributed by atoms with Crippen LogP contribution in [0, 0.1) is 0 Å². The second kappa shape index (κ2) is 6.99. The SMILES string of the molecule is CNC(=O)c1cccc2c(C3(c4cnc(-c5ccc(N)cc5)nc4)CCC3)c[nH]c12. The number of fused-ring (bicyclic) bond motifs is 1. The maximum absolute atomic E-state index is 12.3. The van der Waals surface area contributed by atoms with Crippen molar-refractivity contribution in [3.63, 3.8) is 0 Å². The highest BCUT2D eigenvalue weighted by Gasteiger charge is 2.42. The molecule has 0 spiro atoms. The molecular weight excluding hydrogens is 374 g/mol. The van der Waals surface area contributed by atoms with E-state index in [0.29, 0.717) is 11.4 Å². The van der Waals surface area contributed by atoms with Crippen LogP contribution in [0.1, 0.15) is 40.7 Å². The van der Waals surface area contributed by atoms with Gasteiger partial charge in [-0.3, -0.25) is 4.79 Å². The van der Waals surface area contributed by atoms with Gasteiger partial charge in [0, 0.05) is 47.7 Å². The van der Waals surface area contributed by atoms with E-state index in [2.05, 4.69) is 26.3 Å². The predicted octanol–water partition coefficient (Wildman–Crippen LogP) is 4.04. The van der Waals surface area contributed by atoms with Gasteiger partial charge in [0.15, 0.2) is 5.82 Å². The zero-order valence-corrected chi connectivity index (χ0v) is 16.8. The minimum Gasteiger partial charge on any atom is -0.399 e. The van der Waals surface area contributed by atoms with E-state index < -0.39 is 0 Å². The largest absolute Gasteiger partial charge is 0.399 e. The number of amides is 1. The Bertz CT molecular complexity index is 1220. The molecule has 0 aliphatic heterocycles. The minimum absolute atomic E-state index is 0.0900. The van der Waals surface area contributed by atoms with E-state index in [1.807, 2.05) is 55.0 Å². The van der Waals surface area contributed by atoms with Crippen LogP contribution in [-0.4, -0.2) is 27.9 Å². The highest BCUT2D eigenvalue weighted by molar-refractivity contribution is 6.06. The van der Waals surface area contributed by atoms with Gasteiger partial charge in [0.1, 0.15) is 0 Å². The summed E-state index contributed by atoms with van der Waals surface area (Å²) in [6.07, 6.45) is 9.16. The molecule has 0 atom stereocenters. The molecule has 1 amide bonds. The number of para-hydroxylation sites is 1. The Hall–Kier alpha value is -3.67. The van der Waals surface area contributed by atoms with Crippen LogP contribution in [0.15, 0.2) is 61.1 Å². The van der Waals surface area contributed by atoms with E-state index in [-0.39, 0.29) is 11.3 Å². The summed E-state index contributed by atoms with van der Waals surface area (Å²) in [7, 11) is 1.65. The molecule has 0 saturated heterocycles. The molecule has 6 heteroatoms. The van der Waals surface area contributed by atoms with Crippen LogP contribution in [0.5, 0.6) is 0 Å². The molecule has 1 saturated carbocycles. The lowest BCUT2D eigenvalue weighted by Gasteiger charge is -2.42. The van der Waals surface area contributed by atoms with Crippen molar-refractivity contribution in [3.05, 3.63) is 77.7 Å². The van der Waals surface area contributed by atoms with Gasteiger partial charge in [0.25, 0.3) is 5.91 Å². The quantitative estimate of drug-likeness (QED) is 0.453. The number of aromatic nitrogens is 3. The van der Waals surface area contributed by atoms with Crippen LogP contribution >= 0.6 is 0 Å². The summed E-state index contributed by atoms with van der Waals surface area (Å²) >= 11 is 0. The second-order valence-corrected chi connectivity index (χ2v) is 7.86. The number of H-pyrrole nitrogens is 1. The summed E-state index contributed by atoms with van der Waals surface area (Å²) in [5, 5.41) is 3.80. The summed E-state index contributed by atoms with van der Waals surface area (Å²) in [6.45, 7) is 0. The number of carbonyl (C=O) groups is 1. The van der Waals surface area contributed by atoms with E-state index in [9.17, 15) is 4.79 Å². The fraction of sp³-hybridized carbons (Fsp3) is 0.208.